The Balaban J connectivity index is 2.22. The number of ether oxygens (including phenoxy) is 3. The molecule has 0 amide bonds. The van der Waals surface area contributed by atoms with Gasteiger partial charge in [-0.3, -0.25) is 9.59 Å². The zero-order chi connectivity index (χ0) is 16.2. The maximum Gasteiger partial charge on any atom is 0.305 e. The SMILES string of the molecule is CCOC(=O)CCCCCCOc1cccc(OC)c1C=O. The fraction of sp³-hybridized carbons (Fsp3) is 0.529. The fourth-order valence-electron chi connectivity index (χ4n) is 2.08. The second-order valence-electron chi connectivity index (χ2n) is 4.81. The van der Waals surface area contributed by atoms with Crippen LogP contribution in [0.2, 0.25) is 0 Å². The summed E-state index contributed by atoms with van der Waals surface area (Å²) in [4.78, 5) is 22.3. The standard InChI is InChI=1S/C17H24O5/c1-3-21-17(19)11-6-4-5-7-12-22-16-10-8-9-15(20-2)14(16)13-18/h8-10,13H,3-7,11-12H2,1-2H3. The highest BCUT2D eigenvalue weighted by Gasteiger charge is 2.09. The van der Waals surface area contributed by atoms with Crippen LogP contribution in [0.5, 0.6) is 11.5 Å². The Bertz CT molecular complexity index is 470. The van der Waals surface area contributed by atoms with Crippen LogP contribution in [-0.2, 0) is 9.53 Å². The van der Waals surface area contributed by atoms with E-state index in [9.17, 15) is 9.59 Å². The number of esters is 1. The lowest BCUT2D eigenvalue weighted by Gasteiger charge is -2.11. The van der Waals surface area contributed by atoms with Gasteiger partial charge in [0, 0.05) is 6.42 Å². The first-order valence-electron chi connectivity index (χ1n) is 7.63. The maximum atomic E-state index is 11.2. The molecule has 122 valence electrons. The van der Waals surface area contributed by atoms with Crippen molar-refractivity contribution in [3.05, 3.63) is 23.8 Å². The van der Waals surface area contributed by atoms with Crippen LogP contribution in [0.4, 0.5) is 0 Å². The molecule has 5 nitrogen and oxygen atoms in total. The van der Waals surface area contributed by atoms with Crippen molar-refractivity contribution >= 4 is 12.3 Å². The van der Waals surface area contributed by atoms with Crippen molar-refractivity contribution in [3.63, 3.8) is 0 Å². The number of unbranched alkanes of at least 4 members (excludes halogenated alkanes) is 3. The van der Waals surface area contributed by atoms with Gasteiger partial charge in [-0.15, -0.1) is 0 Å². The van der Waals surface area contributed by atoms with E-state index in [2.05, 4.69) is 0 Å². The highest BCUT2D eigenvalue weighted by atomic mass is 16.5. The number of carbonyl (C=O) groups is 2. The van der Waals surface area contributed by atoms with Crippen LogP contribution in [-0.4, -0.2) is 32.6 Å². The Morgan fingerprint density at radius 3 is 2.55 bits per heavy atom. The molecule has 0 aliphatic rings. The molecule has 0 N–H and O–H groups in total. The second-order valence-corrected chi connectivity index (χ2v) is 4.81. The van der Waals surface area contributed by atoms with Crippen LogP contribution in [0.25, 0.3) is 0 Å². The molecule has 0 fully saturated rings. The number of hydrogen-bond acceptors (Lipinski definition) is 5. The number of methoxy groups -OCH3 is 1. The minimum Gasteiger partial charge on any atom is -0.496 e. The third-order valence-electron chi connectivity index (χ3n) is 3.20. The van der Waals surface area contributed by atoms with Crippen molar-refractivity contribution in [2.75, 3.05) is 20.3 Å². The summed E-state index contributed by atoms with van der Waals surface area (Å²) in [6.07, 6.45) is 4.85. The molecule has 5 heteroatoms. The van der Waals surface area contributed by atoms with Crippen LogP contribution in [0.1, 0.15) is 49.4 Å². The second kappa shape index (κ2) is 10.7. The third-order valence-corrected chi connectivity index (χ3v) is 3.20. The molecule has 0 saturated carbocycles. The number of rotatable bonds is 11. The van der Waals surface area contributed by atoms with Gasteiger partial charge in [-0.05, 0) is 31.9 Å². The molecule has 0 heterocycles. The molecule has 0 spiro atoms. The van der Waals surface area contributed by atoms with Gasteiger partial charge in [-0.1, -0.05) is 18.9 Å². The largest absolute Gasteiger partial charge is 0.496 e. The van der Waals surface area contributed by atoms with Crippen molar-refractivity contribution in [2.24, 2.45) is 0 Å². The minimum atomic E-state index is -0.134. The molecule has 0 aliphatic carbocycles. The first-order valence-corrected chi connectivity index (χ1v) is 7.63. The van der Waals surface area contributed by atoms with Crippen LogP contribution in [0, 0.1) is 0 Å². The van der Waals surface area contributed by atoms with Crippen LogP contribution < -0.4 is 9.47 Å². The van der Waals surface area contributed by atoms with Crippen molar-refractivity contribution in [1.29, 1.82) is 0 Å². The summed E-state index contributed by atoms with van der Waals surface area (Å²) in [7, 11) is 1.52. The van der Waals surface area contributed by atoms with E-state index in [4.69, 9.17) is 14.2 Å². The molecule has 1 rings (SSSR count). The van der Waals surface area contributed by atoms with Crippen molar-refractivity contribution in [2.45, 2.75) is 39.0 Å². The van der Waals surface area contributed by atoms with E-state index in [0.29, 0.717) is 36.7 Å². The summed E-state index contributed by atoms with van der Waals surface area (Å²) in [6, 6.07) is 5.28. The molecule has 0 saturated heterocycles. The summed E-state index contributed by atoms with van der Waals surface area (Å²) >= 11 is 0. The molecule has 0 unspecified atom stereocenters. The topological polar surface area (TPSA) is 61.8 Å². The van der Waals surface area contributed by atoms with Gasteiger partial charge in [0.1, 0.15) is 11.5 Å². The van der Waals surface area contributed by atoms with Gasteiger partial charge in [-0.25, -0.2) is 0 Å². The minimum absolute atomic E-state index is 0.134. The highest BCUT2D eigenvalue weighted by Crippen LogP contribution is 2.26. The molecule has 0 atom stereocenters. The van der Waals surface area contributed by atoms with E-state index >= 15 is 0 Å². The van der Waals surface area contributed by atoms with Gasteiger partial charge in [-0.2, -0.15) is 0 Å². The molecule has 22 heavy (non-hydrogen) atoms. The van der Waals surface area contributed by atoms with E-state index in [1.807, 2.05) is 0 Å². The number of aldehydes is 1. The molecule has 0 bridgehead atoms. The average molecular weight is 308 g/mol. The Morgan fingerprint density at radius 1 is 1.14 bits per heavy atom. The van der Waals surface area contributed by atoms with Crippen molar-refractivity contribution in [3.8, 4) is 11.5 Å². The third kappa shape index (κ3) is 6.16. The molecule has 0 aromatic heterocycles. The molecule has 0 aliphatic heterocycles. The quantitative estimate of drug-likeness (QED) is 0.356. The summed E-state index contributed by atoms with van der Waals surface area (Å²) < 4.78 is 15.6. The summed E-state index contributed by atoms with van der Waals surface area (Å²) in [5, 5.41) is 0. The van der Waals surface area contributed by atoms with Crippen molar-refractivity contribution in [1.82, 2.24) is 0 Å². The van der Waals surface area contributed by atoms with E-state index in [-0.39, 0.29) is 5.97 Å². The Labute approximate surface area is 131 Å². The van der Waals surface area contributed by atoms with Crippen molar-refractivity contribution < 1.29 is 23.8 Å². The first kappa shape index (κ1) is 18.0. The predicted octanol–water partition coefficient (Wildman–Crippen LogP) is 3.40. The first-order chi connectivity index (χ1) is 10.7. The maximum absolute atomic E-state index is 11.2. The predicted molar refractivity (Wildman–Crippen MR) is 83.6 cm³/mol. The van der Waals surface area contributed by atoms with Gasteiger partial charge in [0.15, 0.2) is 6.29 Å². The molecular formula is C17H24O5. The average Bonchev–Trinajstić information content (AvgIpc) is 2.53. The summed E-state index contributed by atoms with van der Waals surface area (Å²) in [5.41, 5.74) is 0.437. The van der Waals surface area contributed by atoms with Gasteiger partial charge in [0.2, 0.25) is 0 Å². The van der Waals surface area contributed by atoms with Gasteiger partial charge < -0.3 is 14.2 Å². The van der Waals surface area contributed by atoms with E-state index < -0.39 is 0 Å². The Kier molecular flexibility index (Phi) is 8.72. The lowest BCUT2D eigenvalue weighted by molar-refractivity contribution is -0.143. The van der Waals surface area contributed by atoms with Crippen LogP contribution in [0.15, 0.2) is 18.2 Å². The van der Waals surface area contributed by atoms with Crippen LogP contribution in [0.3, 0.4) is 0 Å². The van der Waals surface area contributed by atoms with Gasteiger partial charge >= 0.3 is 5.97 Å². The lowest BCUT2D eigenvalue weighted by atomic mass is 10.1. The number of carbonyl (C=O) groups excluding carboxylic acids is 2. The molecule has 0 radical (unpaired) electrons. The zero-order valence-corrected chi connectivity index (χ0v) is 13.3. The van der Waals surface area contributed by atoms with Gasteiger partial charge in [0.05, 0.1) is 25.9 Å². The monoisotopic (exact) mass is 308 g/mol. The number of hydrogen-bond donors (Lipinski definition) is 0. The molecule has 1 aromatic carbocycles. The number of benzene rings is 1. The van der Waals surface area contributed by atoms with Gasteiger partial charge in [0.25, 0.3) is 0 Å². The van der Waals surface area contributed by atoms with E-state index in [0.717, 1.165) is 32.0 Å². The van der Waals surface area contributed by atoms with E-state index in [1.165, 1.54) is 7.11 Å². The zero-order valence-electron chi connectivity index (χ0n) is 13.3. The van der Waals surface area contributed by atoms with Crippen LogP contribution >= 0.6 is 0 Å². The van der Waals surface area contributed by atoms with E-state index in [1.54, 1.807) is 25.1 Å². The smallest absolute Gasteiger partial charge is 0.305 e. The highest BCUT2D eigenvalue weighted by molar-refractivity contribution is 5.83. The summed E-state index contributed by atoms with van der Waals surface area (Å²) in [5.74, 6) is 0.925. The Hall–Kier alpha value is -2.04. The summed E-state index contributed by atoms with van der Waals surface area (Å²) in [6.45, 7) is 2.78. The molecular weight excluding hydrogens is 284 g/mol. The lowest BCUT2D eigenvalue weighted by Crippen LogP contribution is -2.04. The fourth-order valence-corrected chi connectivity index (χ4v) is 2.08. The molecule has 1 aromatic rings. The normalized spacial score (nSPS) is 10.1. The Morgan fingerprint density at radius 2 is 1.86 bits per heavy atom.